The van der Waals surface area contributed by atoms with Gasteiger partial charge in [-0.15, -0.1) is 0 Å². The largest absolute Gasteiger partial charge is 0.416 e. The van der Waals surface area contributed by atoms with Crippen LogP contribution < -0.4 is 10.5 Å². The summed E-state index contributed by atoms with van der Waals surface area (Å²) < 4.78 is 45.3. The van der Waals surface area contributed by atoms with Crippen LogP contribution in [-0.2, 0) is 12.8 Å². The van der Waals surface area contributed by atoms with Gasteiger partial charge in [0.15, 0.2) is 5.52 Å². The molecule has 154 valence electrons. The maximum absolute atomic E-state index is 12.9. The van der Waals surface area contributed by atoms with E-state index in [4.69, 9.17) is 4.52 Å². The van der Waals surface area contributed by atoms with Gasteiger partial charge in [0, 0.05) is 31.9 Å². The maximum Gasteiger partial charge on any atom is 0.416 e. The number of rotatable bonds is 3. The first-order valence-corrected chi connectivity index (χ1v) is 9.22. The van der Waals surface area contributed by atoms with Crippen LogP contribution in [0.3, 0.4) is 0 Å². The molecule has 0 amide bonds. The van der Waals surface area contributed by atoms with Crippen LogP contribution in [0.4, 0.5) is 18.9 Å². The molecule has 3 aromatic rings. The zero-order valence-electron chi connectivity index (χ0n) is 16.0. The molecule has 1 aliphatic heterocycles. The lowest BCUT2D eigenvalue weighted by Crippen LogP contribution is -2.48. The molecule has 2 aromatic heterocycles. The predicted octanol–water partition coefficient (Wildman–Crippen LogP) is 2.80. The van der Waals surface area contributed by atoms with Gasteiger partial charge < -0.3 is 9.42 Å². The number of benzene rings is 1. The Morgan fingerprint density at radius 1 is 1.14 bits per heavy atom. The van der Waals surface area contributed by atoms with Crippen molar-refractivity contribution in [3.63, 3.8) is 0 Å². The van der Waals surface area contributed by atoms with Gasteiger partial charge in [-0.25, -0.2) is 4.68 Å². The lowest BCUT2D eigenvalue weighted by molar-refractivity contribution is -0.137. The van der Waals surface area contributed by atoms with Crippen molar-refractivity contribution in [2.75, 3.05) is 31.1 Å². The minimum absolute atomic E-state index is 0.262. The first-order valence-electron chi connectivity index (χ1n) is 9.22. The standard InChI is InChI=1S/C19H20F3N5O2/c1-12-16-13(2)29-24-17(16)18(28)27(23-12)11-25-6-8-26(9-7-25)15-5-3-4-14(10-15)19(20,21)22/h3-5,10H,6-9,11H2,1-2H3. The summed E-state index contributed by atoms with van der Waals surface area (Å²) >= 11 is 0. The van der Waals surface area contributed by atoms with Crippen LogP contribution >= 0.6 is 0 Å². The lowest BCUT2D eigenvalue weighted by Gasteiger charge is -2.36. The van der Waals surface area contributed by atoms with Gasteiger partial charge in [0.05, 0.1) is 23.3 Å². The Bertz CT molecular complexity index is 1100. The molecule has 0 saturated carbocycles. The van der Waals surface area contributed by atoms with Crippen LogP contribution in [0.25, 0.3) is 10.9 Å². The molecule has 0 unspecified atom stereocenters. The zero-order valence-corrected chi connectivity index (χ0v) is 16.0. The molecule has 10 heteroatoms. The molecule has 3 heterocycles. The first kappa shape index (κ1) is 19.4. The van der Waals surface area contributed by atoms with Crippen molar-refractivity contribution >= 4 is 16.6 Å². The van der Waals surface area contributed by atoms with E-state index in [9.17, 15) is 18.0 Å². The summed E-state index contributed by atoms with van der Waals surface area (Å²) in [5.41, 5.74) is 0.506. The molecule has 1 fully saturated rings. The summed E-state index contributed by atoms with van der Waals surface area (Å²) in [6, 6.07) is 5.35. The second-order valence-corrected chi connectivity index (χ2v) is 7.15. The number of hydrogen-bond acceptors (Lipinski definition) is 6. The van der Waals surface area contributed by atoms with E-state index in [2.05, 4.69) is 10.3 Å². The topological polar surface area (TPSA) is 67.4 Å². The van der Waals surface area contributed by atoms with E-state index in [-0.39, 0.29) is 17.7 Å². The van der Waals surface area contributed by atoms with E-state index in [1.165, 1.54) is 16.8 Å². The quantitative estimate of drug-likeness (QED) is 0.665. The van der Waals surface area contributed by atoms with Crippen LogP contribution in [0.1, 0.15) is 17.0 Å². The van der Waals surface area contributed by atoms with Crippen molar-refractivity contribution in [3.05, 3.63) is 51.6 Å². The van der Waals surface area contributed by atoms with E-state index in [0.717, 1.165) is 6.07 Å². The van der Waals surface area contributed by atoms with Gasteiger partial charge in [-0.05, 0) is 32.0 Å². The molecule has 29 heavy (non-hydrogen) atoms. The number of nitrogens with zero attached hydrogens (tertiary/aromatic N) is 5. The average Bonchev–Trinajstić information content (AvgIpc) is 3.08. The van der Waals surface area contributed by atoms with Crippen molar-refractivity contribution in [1.29, 1.82) is 0 Å². The van der Waals surface area contributed by atoms with E-state index >= 15 is 0 Å². The molecule has 4 rings (SSSR count). The van der Waals surface area contributed by atoms with Crippen LogP contribution in [0, 0.1) is 13.8 Å². The van der Waals surface area contributed by atoms with E-state index in [1.54, 1.807) is 19.9 Å². The predicted molar refractivity (Wildman–Crippen MR) is 101 cm³/mol. The summed E-state index contributed by atoms with van der Waals surface area (Å²) in [5, 5.41) is 8.85. The van der Waals surface area contributed by atoms with Crippen LogP contribution in [0.5, 0.6) is 0 Å². The number of aryl methyl sites for hydroxylation is 2. The second-order valence-electron chi connectivity index (χ2n) is 7.15. The van der Waals surface area contributed by atoms with Crippen LogP contribution in [0.2, 0.25) is 0 Å². The number of hydrogen-bond donors (Lipinski definition) is 0. The highest BCUT2D eigenvalue weighted by molar-refractivity contribution is 5.81. The SMILES string of the molecule is Cc1nn(CN2CCN(c3cccc(C(F)(F)F)c3)CC2)c(=O)c2noc(C)c12. The summed E-state index contributed by atoms with van der Waals surface area (Å²) in [7, 11) is 0. The Kier molecular flexibility index (Phi) is 4.81. The van der Waals surface area contributed by atoms with Crippen molar-refractivity contribution in [1.82, 2.24) is 19.8 Å². The third kappa shape index (κ3) is 3.71. The molecule has 0 N–H and O–H groups in total. The van der Waals surface area contributed by atoms with Gasteiger partial charge in [-0.2, -0.15) is 18.3 Å². The van der Waals surface area contributed by atoms with E-state index < -0.39 is 11.7 Å². The fourth-order valence-corrected chi connectivity index (χ4v) is 3.65. The average molecular weight is 407 g/mol. The highest BCUT2D eigenvalue weighted by Crippen LogP contribution is 2.31. The zero-order chi connectivity index (χ0) is 20.8. The highest BCUT2D eigenvalue weighted by atomic mass is 19.4. The van der Waals surface area contributed by atoms with Gasteiger partial charge in [0.1, 0.15) is 5.76 Å². The number of alkyl halides is 3. The van der Waals surface area contributed by atoms with E-state index in [1.807, 2.05) is 9.80 Å². The van der Waals surface area contributed by atoms with Gasteiger partial charge >= 0.3 is 6.18 Å². The molecule has 0 aliphatic carbocycles. The minimum atomic E-state index is -4.36. The summed E-state index contributed by atoms with van der Waals surface area (Å²) in [6.45, 7) is 6.13. The molecular formula is C19H20F3N5O2. The Morgan fingerprint density at radius 2 is 1.86 bits per heavy atom. The molecule has 7 nitrogen and oxygen atoms in total. The molecule has 0 radical (unpaired) electrons. The number of aromatic nitrogens is 3. The molecule has 0 spiro atoms. The Hall–Kier alpha value is -2.88. The van der Waals surface area contributed by atoms with Crippen molar-refractivity contribution < 1.29 is 17.7 Å². The van der Waals surface area contributed by atoms with Gasteiger partial charge in [0.25, 0.3) is 5.56 Å². The molecule has 1 saturated heterocycles. The third-order valence-corrected chi connectivity index (χ3v) is 5.18. The van der Waals surface area contributed by atoms with Gasteiger partial charge in [-0.1, -0.05) is 11.2 Å². The third-order valence-electron chi connectivity index (χ3n) is 5.18. The highest BCUT2D eigenvalue weighted by Gasteiger charge is 2.31. The Labute approximate surface area is 164 Å². The molecule has 0 bridgehead atoms. The monoisotopic (exact) mass is 407 g/mol. The fourth-order valence-electron chi connectivity index (χ4n) is 3.65. The number of halogens is 3. The number of piperazine rings is 1. The minimum Gasteiger partial charge on any atom is -0.369 e. The lowest BCUT2D eigenvalue weighted by atomic mass is 10.1. The van der Waals surface area contributed by atoms with Crippen LogP contribution in [-0.4, -0.2) is 46.0 Å². The summed E-state index contributed by atoms with van der Waals surface area (Å²) in [5.74, 6) is 0.559. The summed E-state index contributed by atoms with van der Waals surface area (Å²) in [4.78, 5) is 16.6. The summed E-state index contributed by atoms with van der Waals surface area (Å²) in [6.07, 6.45) is -4.36. The Balaban J connectivity index is 1.47. The van der Waals surface area contributed by atoms with Crippen LogP contribution in [0.15, 0.2) is 33.6 Å². The number of fused-ring (bicyclic) bond motifs is 1. The number of anilines is 1. The first-order chi connectivity index (χ1) is 13.7. The van der Waals surface area contributed by atoms with Crippen molar-refractivity contribution in [2.24, 2.45) is 0 Å². The molecule has 0 atom stereocenters. The normalized spacial score (nSPS) is 16.0. The smallest absolute Gasteiger partial charge is 0.369 e. The Morgan fingerprint density at radius 3 is 2.55 bits per heavy atom. The second kappa shape index (κ2) is 7.18. The van der Waals surface area contributed by atoms with Crippen molar-refractivity contribution in [3.8, 4) is 0 Å². The molecular weight excluding hydrogens is 387 g/mol. The van der Waals surface area contributed by atoms with Gasteiger partial charge in [-0.3, -0.25) is 9.69 Å². The van der Waals surface area contributed by atoms with Crippen molar-refractivity contribution in [2.45, 2.75) is 26.7 Å². The fraction of sp³-hybridized carbons (Fsp3) is 0.421. The molecule has 1 aliphatic rings. The van der Waals surface area contributed by atoms with E-state index in [0.29, 0.717) is 48.7 Å². The maximum atomic E-state index is 12.9. The van der Waals surface area contributed by atoms with Gasteiger partial charge in [0.2, 0.25) is 0 Å². The molecule has 1 aromatic carbocycles.